The Balaban J connectivity index is 2.11. The summed E-state index contributed by atoms with van der Waals surface area (Å²) in [4.78, 5) is 22.8. The molecule has 0 bridgehead atoms. The van der Waals surface area contributed by atoms with Crippen LogP contribution in [0.25, 0.3) is 5.52 Å². The summed E-state index contributed by atoms with van der Waals surface area (Å²) in [5.41, 5.74) is 0.376. The van der Waals surface area contributed by atoms with Gasteiger partial charge in [0.05, 0.1) is 6.20 Å². The summed E-state index contributed by atoms with van der Waals surface area (Å²) >= 11 is 5.34. The quantitative estimate of drug-likeness (QED) is 0.772. The minimum Gasteiger partial charge on any atom is -0.353 e. The van der Waals surface area contributed by atoms with Crippen molar-refractivity contribution in [3.63, 3.8) is 0 Å². The van der Waals surface area contributed by atoms with E-state index < -0.39 is 0 Å². The summed E-state index contributed by atoms with van der Waals surface area (Å²) in [5.74, 6) is -0.318. The molecular formula is C10H11ClN4O2. The molecule has 0 radical (unpaired) electrons. The molecule has 2 aromatic rings. The Kier molecular flexibility index (Phi) is 3.43. The van der Waals surface area contributed by atoms with Gasteiger partial charge in [-0.15, -0.1) is 11.6 Å². The van der Waals surface area contributed by atoms with Gasteiger partial charge in [-0.3, -0.25) is 9.59 Å². The molecule has 0 aliphatic rings. The second-order valence-electron chi connectivity index (χ2n) is 3.44. The second kappa shape index (κ2) is 5.01. The average molecular weight is 255 g/mol. The predicted molar refractivity (Wildman–Crippen MR) is 63.2 cm³/mol. The normalized spacial score (nSPS) is 10.6. The highest BCUT2D eigenvalue weighted by molar-refractivity contribution is 6.27. The van der Waals surface area contributed by atoms with Crippen LogP contribution in [0.2, 0.25) is 0 Å². The average Bonchev–Trinajstić information content (AvgIpc) is 2.81. The van der Waals surface area contributed by atoms with Crippen molar-refractivity contribution in [1.29, 1.82) is 0 Å². The Morgan fingerprint density at radius 2 is 2.29 bits per heavy atom. The van der Waals surface area contributed by atoms with Crippen molar-refractivity contribution in [3.05, 3.63) is 35.0 Å². The number of carbonyl (C=O) groups is 1. The Bertz CT molecular complexity index is 589. The first kappa shape index (κ1) is 11.7. The van der Waals surface area contributed by atoms with Gasteiger partial charge in [0.2, 0.25) is 5.91 Å². The zero-order chi connectivity index (χ0) is 12.3. The van der Waals surface area contributed by atoms with E-state index in [4.69, 9.17) is 11.6 Å². The van der Waals surface area contributed by atoms with Gasteiger partial charge in [0.15, 0.2) is 0 Å². The molecule has 17 heavy (non-hydrogen) atoms. The molecule has 7 heteroatoms. The molecule has 6 nitrogen and oxygen atoms in total. The monoisotopic (exact) mass is 254 g/mol. The minimum atomic E-state index is -0.245. The lowest BCUT2D eigenvalue weighted by atomic mass is 10.5. The number of halogens is 1. The van der Waals surface area contributed by atoms with Gasteiger partial charge >= 0.3 is 0 Å². The summed E-state index contributed by atoms with van der Waals surface area (Å²) in [5, 5.41) is 6.56. The molecule has 90 valence electrons. The summed E-state index contributed by atoms with van der Waals surface area (Å²) < 4.78 is 3.03. The first-order chi connectivity index (χ1) is 8.22. The van der Waals surface area contributed by atoms with E-state index in [0.717, 1.165) is 0 Å². The van der Waals surface area contributed by atoms with E-state index in [1.165, 1.54) is 9.08 Å². The Labute approximate surface area is 102 Å². The maximum Gasteiger partial charge on any atom is 0.276 e. The van der Waals surface area contributed by atoms with Gasteiger partial charge in [0, 0.05) is 25.5 Å². The lowest BCUT2D eigenvalue weighted by Gasteiger charge is -2.06. The van der Waals surface area contributed by atoms with Crippen LogP contribution in [-0.2, 0) is 11.3 Å². The summed E-state index contributed by atoms with van der Waals surface area (Å²) in [6.45, 7) is 0.777. The lowest BCUT2D eigenvalue weighted by molar-refractivity contribution is -0.118. The number of nitrogens with one attached hydrogen (secondary N) is 1. The summed E-state index contributed by atoms with van der Waals surface area (Å²) in [6, 6.07) is 1.65. The SMILES string of the molecule is O=C(CCl)NCCn1ccn2nccc2c1=O. The number of hydrogen-bond acceptors (Lipinski definition) is 3. The fourth-order valence-electron chi connectivity index (χ4n) is 1.50. The molecule has 2 aromatic heterocycles. The molecule has 0 aliphatic carbocycles. The number of alkyl halides is 1. The topological polar surface area (TPSA) is 68.4 Å². The molecule has 2 rings (SSSR count). The van der Waals surface area contributed by atoms with Crippen LogP contribution < -0.4 is 10.9 Å². The van der Waals surface area contributed by atoms with Crippen LogP contribution in [0.3, 0.4) is 0 Å². The van der Waals surface area contributed by atoms with Crippen LogP contribution in [0.4, 0.5) is 0 Å². The van der Waals surface area contributed by atoms with Crippen molar-refractivity contribution in [3.8, 4) is 0 Å². The standard InChI is InChI=1S/C10H11ClN4O2/c11-7-9(16)12-3-4-14-5-6-15-8(10(14)17)1-2-13-15/h1-2,5-6H,3-4,7H2,(H,12,16). The van der Waals surface area contributed by atoms with Gasteiger partial charge in [-0.05, 0) is 6.07 Å². The molecule has 0 fully saturated rings. The van der Waals surface area contributed by atoms with Gasteiger partial charge in [-0.2, -0.15) is 5.10 Å². The zero-order valence-electron chi connectivity index (χ0n) is 8.97. The third-order valence-electron chi connectivity index (χ3n) is 2.33. The zero-order valence-corrected chi connectivity index (χ0v) is 9.72. The van der Waals surface area contributed by atoms with Crippen LogP contribution in [0.5, 0.6) is 0 Å². The van der Waals surface area contributed by atoms with Crippen molar-refractivity contribution < 1.29 is 4.79 Å². The van der Waals surface area contributed by atoms with E-state index >= 15 is 0 Å². The van der Waals surface area contributed by atoms with Gasteiger partial charge in [-0.1, -0.05) is 0 Å². The fourth-order valence-corrected chi connectivity index (χ4v) is 1.59. The van der Waals surface area contributed by atoms with Crippen LogP contribution >= 0.6 is 11.6 Å². The van der Waals surface area contributed by atoms with Gasteiger partial charge < -0.3 is 9.88 Å². The maximum absolute atomic E-state index is 11.9. The number of hydrogen-bond donors (Lipinski definition) is 1. The second-order valence-corrected chi connectivity index (χ2v) is 3.71. The van der Waals surface area contributed by atoms with Crippen LogP contribution in [0, 0.1) is 0 Å². The van der Waals surface area contributed by atoms with E-state index in [1.807, 2.05) is 0 Å². The molecule has 0 saturated carbocycles. The van der Waals surface area contributed by atoms with E-state index in [2.05, 4.69) is 10.4 Å². The van der Waals surface area contributed by atoms with Gasteiger partial charge in [0.25, 0.3) is 5.56 Å². The molecule has 0 aliphatic heterocycles. The fraction of sp³-hybridized carbons (Fsp3) is 0.300. The van der Waals surface area contributed by atoms with Gasteiger partial charge in [-0.25, -0.2) is 4.52 Å². The Morgan fingerprint density at radius 1 is 1.47 bits per heavy atom. The highest BCUT2D eigenvalue weighted by atomic mass is 35.5. The molecule has 0 spiro atoms. The first-order valence-corrected chi connectivity index (χ1v) is 5.61. The molecule has 0 unspecified atom stereocenters. The van der Waals surface area contributed by atoms with Crippen molar-refractivity contribution in [1.82, 2.24) is 19.5 Å². The largest absolute Gasteiger partial charge is 0.353 e. The smallest absolute Gasteiger partial charge is 0.276 e. The van der Waals surface area contributed by atoms with Crippen molar-refractivity contribution in [2.45, 2.75) is 6.54 Å². The number of rotatable bonds is 4. The van der Waals surface area contributed by atoms with Crippen molar-refractivity contribution in [2.75, 3.05) is 12.4 Å². The molecule has 0 saturated heterocycles. The number of fused-ring (bicyclic) bond motifs is 1. The molecule has 1 N–H and O–H groups in total. The lowest BCUT2D eigenvalue weighted by Crippen LogP contribution is -2.31. The predicted octanol–water partition coefficient (Wildman–Crippen LogP) is -0.149. The van der Waals surface area contributed by atoms with Crippen LogP contribution in [0.1, 0.15) is 0 Å². The van der Waals surface area contributed by atoms with Crippen LogP contribution in [0.15, 0.2) is 29.5 Å². The Hall–Kier alpha value is -1.82. The highest BCUT2D eigenvalue weighted by Gasteiger charge is 2.03. The molecule has 0 aromatic carbocycles. The molecular weight excluding hydrogens is 244 g/mol. The van der Waals surface area contributed by atoms with Crippen LogP contribution in [-0.4, -0.2) is 32.5 Å². The Morgan fingerprint density at radius 3 is 3.06 bits per heavy atom. The number of carbonyl (C=O) groups excluding carboxylic acids is 1. The highest BCUT2D eigenvalue weighted by Crippen LogP contribution is 1.93. The molecule has 0 atom stereocenters. The number of aromatic nitrogens is 3. The summed E-state index contributed by atoms with van der Waals surface area (Å²) in [7, 11) is 0. The van der Waals surface area contributed by atoms with E-state index in [1.54, 1.807) is 24.7 Å². The van der Waals surface area contributed by atoms with Gasteiger partial charge in [0.1, 0.15) is 11.4 Å². The summed E-state index contributed by atoms with van der Waals surface area (Å²) in [6.07, 6.45) is 4.89. The maximum atomic E-state index is 11.9. The number of nitrogens with zero attached hydrogens (tertiary/aromatic N) is 3. The molecule has 2 heterocycles. The number of amides is 1. The van der Waals surface area contributed by atoms with Crippen molar-refractivity contribution >= 4 is 23.0 Å². The van der Waals surface area contributed by atoms with E-state index in [-0.39, 0.29) is 17.3 Å². The third-order valence-corrected chi connectivity index (χ3v) is 2.58. The van der Waals surface area contributed by atoms with Crippen molar-refractivity contribution in [2.24, 2.45) is 0 Å². The van der Waals surface area contributed by atoms with E-state index in [9.17, 15) is 9.59 Å². The molecule has 1 amide bonds. The third kappa shape index (κ3) is 2.47. The first-order valence-electron chi connectivity index (χ1n) is 5.08. The van der Waals surface area contributed by atoms with E-state index in [0.29, 0.717) is 18.6 Å². The minimum absolute atomic E-state index is 0.0729.